The van der Waals surface area contributed by atoms with Gasteiger partial charge < -0.3 is 14.9 Å². The Morgan fingerprint density at radius 1 is 1.44 bits per heavy atom. The Hall–Kier alpha value is -1.12. The van der Waals surface area contributed by atoms with E-state index < -0.39 is 0 Å². The van der Waals surface area contributed by atoms with Crippen LogP contribution in [0.3, 0.4) is 0 Å². The van der Waals surface area contributed by atoms with Crippen LogP contribution in [0.2, 0.25) is 0 Å². The Bertz CT molecular complexity index is 135. The molecule has 0 bridgehead atoms. The van der Waals surface area contributed by atoms with Gasteiger partial charge in [-0.15, -0.1) is 0 Å². The Morgan fingerprint density at radius 3 is 2.33 bits per heavy atom. The third-order valence-electron chi connectivity index (χ3n) is 0.776. The highest BCUT2D eigenvalue weighted by atomic mass is 16.6. The third kappa shape index (κ3) is 3.46. The van der Waals surface area contributed by atoms with Crippen molar-refractivity contribution in [2.24, 2.45) is 0 Å². The third-order valence-corrected chi connectivity index (χ3v) is 0.776. The average Bonchev–Trinajstić information content (AvgIpc) is 1.87. The molecule has 0 fully saturated rings. The molecule has 0 aromatic heterocycles. The quantitative estimate of drug-likeness (QED) is 0.440. The van der Waals surface area contributed by atoms with Gasteiger partial charge in [0.25, 0.3) is 5.95 Å². The maximum absolute atomic E-state index is 8.70. The molecule has 0 radical (unpaired) electrons. The van der Waals surface area contributed by atoms with Gasteiger partial charge in [0, 0.05) is 0 Å². The highest BCUT2D eigenvalue weighted by Gasteiger charge is 1.88. The van der Waals surface area contributed by atoms with Crippen molar-refractivity contribution in [2.75, 3.05) is 7.11 Å². The summed E-state index contributed by atoms with van der Waals surface area (Å²) in [5.74, 6) is -0.319. The first-order valence-corrected chi connectivity index (χ1v) is 2.50. The molecule has 2 N–H and O–H groups in total. The number of aliphatic hydroxyl groups is 2. The van der Waals surface area contributed by atoms with E-state index in [1.54, 1.807) is 6.92 Å². The second-order valence-electron chi connectivity index (χ2n) is 1.40. The molecule has 52 valence electrons. The van der Waals surface area contributed by atoms with Crippen LogP contribution in [-0.2, 0) is 4.74 Å². The van der Waals surface area contributed by atoms with Crippen molar-refractivity contribution in [1.29, 1.82) is 0 Å². The second kappa shape index (κ2) is 3.83. The molecule has 0 rings (SSSR count). The lowest BCUT2D eigenvalue weighted by atomic mass is 10.4. The van der Waals surface area contributed by atoms with Gasteiger partial charge in [-0.25, -0.2) is 0 Å². The fraction of sp³-hybridized carbons (Fsp3) is 0.333. The highest BCUT2D eigenvalue weighted by Crippen LogP contribution is 1.95. The van der Waals surface area contributed by atoms with E-state index in [-0.39, 0.29) is 11.7 Å². The molecule has 0 aromatic carbocycles. The largest absolute Gasteiger partial charge is 0.508 e. The summed E-state index contributed by atoms with van der Waals surface area (Å²) in [6, 6.07) is 0. The van der Waals surface area contributed by atoms with Crippen molar-refractivity contribution in [1.82, 2.24) is 0 Å². The van der Waals surface area contributed by atoms with E-state index in [1.807, 2.05) is 0 Å². The van der Waals surface area contributed by atoms with E-state index in [2.05, 4.69) is 4.74 Å². The molecule has 0 unspecified atom stereocenters. The fourth-order valence-corrected chi connectivity index (χ4v) is 0.269. The van der Waals surface area contributed by atoms with Crippen LogP contribution in [0.15, 0.2) is 23.9 Å². The van der Waals surface area contributed by atoms with Crippen molar-refractivity contribution in [2.45, 2.75) is 6.92 Å². The van der Waals surface area contributed by atoms with E-state index in [9.17, 15) is 0 Å². The maximum atomic E-state index is 8.70. The summed E-state index contributed by atoms with van der Waals surface area (Å²) in [5, 5.41) is 17.3. The van der Waals surface area contributed by atoms with Crippen molar-refractivity contribution >= 4 is 0 Å². The molecule has 0 saturated heterocycles. The van der Waals surface area contributed by atoms with Gasteiger partial charge in [-0.05, 0) is 13.0 Å². The van der Waals surface area contributed by atoms with Crippen LogP contribution in [0.25, 0.3) is 0 Å². The topological polar surface area (TPSA) is 49.7 Å². The lowest BCUT2D eigenvalue weighted by Crippen LogP contribution is -1.84. The Balaban J connectivity index is 3.95. The predicted molar refractivity (Wildman–Crippen MR) is 34.1 cm³/mol. The number of methoxy groups -OCH3 is 1. The van der Waals surface area contributed by atoms with Crippen LogP contribution in [0, 0.1) is 0 Å². The van der Waals surface area contributed by atoms with Gasteiger partial charge in [0.15, 0.2) is 0 Å². The SMILES string of the molecule is C/C=C(O)/C=C(\O)OC. The lowest BCUT2D eigenvalue weighted by Gasteiger charge is -1.94. The van der Waals surface area contributed by atoms with E-state index in [0.29, 0.717) is 0 Å². The Labute approximate surface area is 53.9 Å². The van der Waals surface area contributed by atoms with Gasteiger partial charge in [0.2, 0.25) is 0 Å². The molecule has 3 heteroatoms. The zero-order valence-electron chi connectivity index (χ0n) is 5.46. The van der Waals surface area contributed by atoms with Crippen LogP contribution in [0.5, 0.6) is 0 Å². The molecule has 0 aliphatic heterocycles. The van der Waals surface area contributed by atoms with Gasteiger partial charge in [-0.3, -0.25) is 0 Å². The first-order chi connectivity index (χ1) is 4.20. The van der Waals surface area contributed by atoms with Gasteiger partial charge in [-0.1, -0.05) is 0 Å². The zero-order chi connectivity index (χ0) is 7.28. The first-order valence-electron chi connectivity index (χ1n) is 2.50. The molecule has 3 nitrogen and oxygen atoms in total. The molecular formula is C6H10O3. The fourth-order valence-electron chi connectivity index (χ4n) is 0.269. The zero-order valence-corrected chi connectivity index (χ0v) is 5.46. The van der Waals surface area contributed by atoms with Gasteiger partial charge in [-0.2, -0.15) is 0 Å². The number of ether oxygens (including phenoxy) is 1. The predicted octanol–water partition coefficient (Wildman–Crippen LogP) is 1.49. The number of rotatable bonds is 2. The lowest BCUT2D eigenvalue weighted by molar-refractivity contribution is 0.134. The van der Waals surface area contributed by atoms with Crippen molar-refractivity contribution < 1.29 is 14.9 Å². The smallest absolute Gasteiger partial charge is 0.280 e. The Kier molecular flexibility index (Phi) is 3.35. The molecule has 0 aliphatic rings. The van der Waals surface area contributed by atoms with Crippen LogP contribution in [0.4, 0.5) is 0 Å². The van der Waals surface area contributed by atoms with E-state index in [1.165, 1.54) is 13.2 Å². The van der Waals surface area contributed by atoms with E-state index in [4.69, 9.17) is 10.2 Å². The van der Waals surface area contributed by atoms with Crippen molar-refractivity contribution in [3.05, 3.63) is 23.9 Å². The second-order valence-corrected chi connectivity index (χ2v) is 1.40. The summed E-state index contributed by atoms with van der Waals surface area (Å²) >= 11 is 0. The molecular weight excluding hydrogens is 120 g/mol. The molecule has 0 aromatic rings. The molecule has 0 amide bonds. The Morgan fingerprint density at radius 2 is 2.00 bits per heavy atom. The molecule has 0 aliphatic carbocycles. The average molecular weight is 130 g/mol. The maximum Gasteiger partial charge on any atom is 0.280 e. The number of hydrogen-bond acceptors (Lipinski definition) is 3. The monoisotopic (exact) mass is 130 g/mol. The summed E-state index contributed by atoms with van der Waals surface area (Å²) < 4.78 is 4.34. The molecule has 0 heterocycles. The minimum absolute atomic E-state index is 0.0191. The van der Waals surface area contributed by atoms with Crippen LogP contribution in [-0.4, -0.2) is 17.3 Å². The van der Waals surface area contributed by atoms with Crippen molar-refractivity contribution in [3.63, 3.8) is 0 Å². The molecule has 0 atom stereocenters. The molecule has 0 spiro atoms. The van der Waals surface area contributed by atoms with Crippen LogP contribution in [0.1, 0.15) is 6.92 Å². The summed E-state index contributed by atoms with van der Waals surface area (Å²) in [6.07, 6.45) is 2.55. The van der Waals surface area contributed by atoms with Crippen LogP contribution < -0.4 is 0 Å². The summed E-state index contributed by atoms with van der Waals surface area (Å²) in [5.41, 5.74) is 0. The minimum Gasteiger partial charge on any atom is -0.508 e. The van der Waals surface area contributed by atoms with E-state index in [0.717, 1.165) is 6.08 Å². The number of aliphatic hydroxyl groups excluding tert-OH is 2. The van der Waals surface area contributed by atoms with Crippen molar-refractivity contribution in [3.8, 4) is 0 Å². The highest BCUT2D eigenvalue weighted by molar-refractivity contribution is 5.09. The summed E-state index contributed by atoms with van der Waals surface area (Å²) in [6.45, 7) is 1.65. The normalized spacial score (nSPS) is 13.6. The molecule has 9 heavy (non-hydrogen) atoms. The van der Waals surface area contributed by atoms with E-state index >= 15 is 0 Å². The van der Waals surface area contributed by atoms with Gasteiger partial charge in [0.1, 0.15) is 5.76 Å². The van der Waals surface area contributed by atoms with Gasteiger partial charge in [0.05, 0.1) is 13.2 Å². The minimum atomic E-state index is -0.300. The first kappa shape index (κ1) is 7.88. The molecule has 0 saturated carbocycles. The summed E-state index contributed by atoms with van der Waals surface area (Å²) in [7, 11) is 1.31. The van der Waals surface area contributed by atoms with Crippen LogP contribution >= 0.6 is 0 Å². The number of allylic oxidation sites excluding steroid dienone is 2. The number of hydrogen-bond donors (Lipinski definition) is 2. The standard InChI is InChI=1S/C6H10O3/c1-3-5(7)4-6(8)9-2/h3-4,7-8H,1-2H3/b5-3-,6-4+. The summed E-state index contributed by atoms with van der Waals surface area (Å²) in [4.78, 5) is 0. The van der Waals surface area contributed by atoms with Gasteiger partial charge >= 0.3 is 0 Å².